The topological polar surface area (TPSA) is 90.1 Å². The lowest BCUT2D eigenvalue weighted by Crippen LogP contribution is -2.20. The zero-order chi connectivity index (χ0) is 11.4. The average molecular weight is 244 g/mol. The highest BCUT2D eigenvalue weighted by molar-refractivity contribution is 7.99. The van der Waals surface area contributed by atoms with Crippen LogP contribution in [0.4, 0.5) is 0 Å². The first-order valence-electron chi connectivity index (χ1n) is 4.98. The predicted octanol–water partition coefficient (Wildman–Crippen LogP) is 0.0288. The maximum atomic E-state index is 10.6. The molecule has 1 atom stereocenters. The van der Waals surface area contributed by atoms with Gasteiger partial charge in [-0.05, 0) is 23.3 Å². The molecule has 0 saturated carbocycles. The summed E-state index contributed by atoms with van der Waals surface area (Å²) in [4.78, 5) is 10.6. The summed E-state index contributed by atoms with van der Waals surface area (Å²) in [7, 11) is 0. The number of rotatable bonds is 4. The first-order chi connectivity index (χ1) is 7.75. The lowest BCUT2D eigenvalue weighted by molar-refractivity contribution is -0.138. The first kappa shape index (κ1) is 11.3. The smallest absolute Gasteiger partial charge is 0.325 e. The van der Waals surface area contributed by atoms with E-state index in [9.17, 15) is 4.79 Å². The number of ether oxygens (including phenoxy) is 1. The first-order valence-corrected chi connectivity index (χ1v) is 5.86. The van der Waals surface area contributed by atoms with Crippen LogP contribution in [0.3, 0.4) is 0 Å². The van der Waals surface area contributed by atoms with Crippen molar-refractivity contribution in [2.75, 3.05) is 13.2 Å². The minimum atomic E-state index is -0.950. The molecule has 2 heterocycles. The van der Waals surface area contributed by atoms with Crippen molar-refractivity contribution in [3.05, 3.63) is 0 Å². The molecule has 1 aliphatic rings. The fraction of sp³-hybridized carbons (Fsp3) is 0.750. The molecule has 1 N–H and O–H groups in total. The number of carbonyl (C=O) groups is 1. The van der Waals surface area contributed by atoms with Gasteiger partial charge in [0.2, 0.25) is 5.16 Å². The average Bonchev–Trinajstić information content (AvgIpc) is 2.66. The molecule has 88 valence electrons. The second-order valence-electron chi connectivity index (χ2n) is 3.47. The second kappa shape index (κ2) is 5.26. The summed E-state index contributed by atoms with van der Waals surface area (Å²) in [6.07, 6.45) is 2.07. The Labute approximate surface area is 96.2 Å². The van der Waals surface area contributed by atoms with Crippen molar-refractivity contribution in [3.63, 3.8) is 0 Å². The number of hydrogen-bond acceptors (Lipinski definition) is 6. The van der Waals surface area contributed by atoms with E-state index < -0.39 is 5.97 Å². The van der Waals surface area contributed by atoms with Crippen LogP contribution < -0.4 is 0 Å². The molecule has 0 bridgehead atoms. The highest BCUT2D eigenvalue weighted by Crippen LogP contribution is 2.26. The van der Waals surface area contributed by atoms with E-state index in [1.165, 1.54) is 16.4 Å². The highest BCUT2D eigenvalue weighted by Gasteiger charge is 2.19. The van der Waals surface area contributed by atoms with Gasteiger partial charge in [0, 0.05) is 11.9 Å². The van der Waals surface area contributed by atoms with Gasteiger partial charge in [0.15, 0.2) is 0 Å². The number of aliphatic carboxylic acids is 1. The molecule has 7 nitrogen and oxygen atoms in total. The lowest BCUT2D eigenvalue weighted by atomic mass is 10.2. The van der Waals surface area contributed by atoms with E-state index in [4.69, 9.17) is 9.84 Å². The van der Waals surface area contributed by atoms with Gasteiger partial charge in [-0.3, -0.25) is 4.79 Å². The van der Waals surface area contributed by atoms with E-state index in [1.807, 2.05) is 0 Å². The Morgan fingerprint density at radius 2 is 2.56 bits per heavy atom. The third kappa shape index (κ3) is 2.92. The SMILES string of the molecule is O=C(O)Cn1nnnc1SC1CCCOC1. The van der Waals surface area contributed by atoms with Crippen LogP contribution in [-0.2, 0) is 16.1 Å². The molecule has 0 aliphatic carbocycles. The summed E-state index contributed by atoms with van der Waals surface area (Å²) < 4.78 is 6.63. The lowest BCUT2D eigenvalue weighted by Gasteiger charge is -2.20. The molecule has 0 aromatic carbocycles. The number of hydrogen-bond donors (Lipinski definition) is 1. The zero-order valence-electron chi connectivity index (χ0n) is 8.57. The van der Waals surface area contributed by atoms with Crippen LogP contribution in [-0.4, -0.2) is 49.7 Å². The van der Waals surface area contributed by atoms with Crippen molar-refractivity contribution in [3.8, 4) is 0 Å². The molecule has 2 rings (SSSR count). The quantitative estimate of drug-likeness (QED) is 0.799. The molecule has 16 heavy (non-hydrogen) atoms. The van der Waals surface area contributed by atoms with Crippen molar-refractivity contribution >= 4 is 17.7 Å². The van der Waals surface area contributed by atoms with Gasteiger partial charge in [-0.1, -0.05) is 11.8 Å². The molecule has 1 saturated heterocycles. The van der Waals surface area contributed by atoms with E-state index in [0.717, 1.165) is 19.4 Å². The molecule has 0 spiro atoms. The Morgan fingerprint density at radius 3 is 3.25 bits per heavy atom. The van der Waals surface area contributed by atoms with Crippen LogP contribution in [0, 0.1) is 0 Å². The Kier molecular flexibility index (Phi) is 3.73. The molecule has 1 aromatic rings. The van der Waals surface area contributed by atoms with E-state index in [2.05, 4.69) is 15.5 Å². The standard InChI is InChI=1S/C8H12N4O3S/c13-7(14)4-12-8(9-10-11-12)16-6-2-1-3-15-5-6/h6H,1-5H2,(H,13,14). The Balaban J connectivity index is 1.97. The van der Waals surface area contributed by atoms with Crippen LogP contribution in [0.5, 0.6) is 0 Å². The van der Waals surface area contributed by atoms with Gasteiger partial charge in [0.1, 0.15) is 6.54 Å². The van der Waals surface area contributed by atoms with Crippen molar-refractivity contribution < 1.29 is 14.6 Å². The van der Waals surface area contributed by atoms with Crippen molar-refractivity contribution in [1.29, 1.82) is 0 Å². The van der Waals surface area contributed by atoms with Crippen molar-refractivity contribution in [2.24, 2.45) is 0 Å². The van der Waals surface area contributed by atoms with E-state index in [-0.39, 0.29) is 6.54 Å². The fourth-order valence-corrected chi connectivity index (χ4v) is 2.51. The van der Waals surface area contributed by atoms with Crippen LogP contribution in [0.15, 0.2) is 5.16 Å². The Hall–Kier alpha value is -1.15. The molecular formula is C8H12N4O3S. The maximum absolute atomic E-state index is 10.6. The largest absolute Gasteiger partial charge is 0.480 e. The van der Waals surface area contributed by atoms with E-state index in [0.29, 0.717) is 17.0 Å². The van der Waals surface area contributed by atoms with Crippen molar-refractivity contribution in [1.82, 2.24) is 20.2 Å². The Morgan fingerprint density at radius 1 is 1.69 bits per heavy atom. The molecule has 1 fully saturated rings. The van der Waals surface area contributed by atoms with E-state index in [1.54, 1.807) is 0 Å². The minimum Gasteiger partial charge on any atom is -0.480 e. The molecule has 0 amide bonds. The minimum absolute atomic E-state index is 0.205. The van der Waals surface area contributed by atoms with Crippen molar-refractivity contribution in [2.45, 2.75) is 29.8 Å². The van der Waals surface area contributed by atoms with Crippen LogP contribution >= 0.6 is 11.8 Å². The number of tetrazole rings is 1. The number of carboxylic acid groups (broad SMARTS) is 1. The summed E-state index contributed by atoms with van der Waals surface area (Å²) >= 11 is 1.48. The molecule has 8 heteroatoms. The maximum Gasteiger partial charge on any atom is 0.325 e. The monoisotopic (exact) mass is 244 g/mol. The molecule has 0 radical (unpaired) electrons. The summed E-state index contributed by atoms with van der Waals surface area (Å²) in [6.45, 7) is 1.27. The molecule has 1 aromatic heterocycles. The predicted molar refractivity (Wildman–Crippen MR) is 55.2 cm³/mol. The number of nitrogens with zero attached hydrogens (tertiary/aromatic N) is 4. The number of carboxylic acids is 1. The van der Waals surface area contributed by atoms with E-state index >= 15 is 0 Å². The summed E-state index contributed by atoms with van der Waals surface area (Å²) in [5.41, 5.74) is 0. The summed E-state index contributed by atoms with van der Waals surface area (Å²) in [5, 5.41) is 20.4. The second-order valence-corrected chi connectivity index (χ2v) is 4.74. The third-order valence-corrected chi connectivity index (χ3v) is 3.38. The van der Waals surface area contributed by atoms with Crippen LogP contribution in [0.2, 0.25) is 0 Å². The molecular weight excluding hydrogens is 232 g/mol. The molecule has 1 unspecified atom stereocenters. The van der Waals surface area contributed by atoms with Gasteiger partial charge in [-0.15, -0.1) is 5.10 Å². The van der Waals surface area contributed by atoms with Gasteiger partial charge in [0.25, 0.3) is 0 Å². The van der Waals surface area contributed by atoms with Gasteiger partial charge < -0.3 is 9.84 Å². The summed E-state index contributed by atoms with van der Waals surface area (Å²) in [6, 6.07) is 0. The van der Waals surface area contributed by atoms with Gasteiger partial charge >= 0.3 is 5.97 Å². The zero-order valence-corrected chi connectivity index (χ0v) is 9.39. The van der Waals surface area contributed by atoms with Gasteiger partial charge in [-0.2, -0.15) is 0 Å². The van der Waals surface area contributed by atoms with Gasteiger partial charge in [0.05, 0.1) is 6.61 Å². The van der Waals surface area contributed by atoms with Crippen LogP contribution in [0.1, 0.15) is 12.8 Å². The fourth-order valence-electron chi connectivity index (χ4n) is 1.46. The highest BCUT2D eigenvalue weighted by atomic mass is 32.2. The third-order valence-electron chi connectivity index (χ3n) is 2.17. The van der Waals surface area contributed by atoms with Crippen LogP contribution in [0.25, 0.3) is 0 Å². The normalized spacial score (nSPS) is 20.9. The number of aromatic nitrogens is 4. The summed E-state index contributed by atoms with van der Waals surface area (Å²) in [5.74, 6) is -0.950. The molecule has 1 aliphatic heterocycles. The van der Waals surface area contributed by atoms with Gasteiger partial charge in [-0.25, -0.2) is 4.68 Å². The number of thioether (sulfide) groups is 1. The Bertz CT molecular complexity index is 364.